The number of carbonyl (C=O) groups excluding carboxylic acids is 1. The average Bonchev–Trinajstić information content (AvgIpc) is 2.75. The van der Waals surface area contributed by atoms with Crippen LogP contribution in [0.25, 0.3) is 6.08 Å². The van der Waals surface area contributed by atoms with Crippen LogP contribution in [0, 0.1) is 0 Å². The lowest BCUT2D eigenvalue weighted by molar-refractivity contribution is 0.0204. The van der Waals surface area contributed by atoms with Gasteiger partial charge >= 0.3 is 0 Å². The molecule has 0 aliphatic carbocycles. The van der Waals surface area contributed by atoms with Gasteiger partial charge in [-0.25, -0.2) is 0 Å². The quantitative estimate of drug-likeness (QED) is 0.672. The molecule has 4 rings (SSSR count). The van der Waals surface area contributed by atoms with Crippen LogP contribution in [0.3, 0.4) is 0 Å². The van der Waals surface area contributed by atoms with E-state index in [1.165, 1.54) is 0 Å². The van der Waals surface area contributed by atoms with Gasteiger partial charge in [0.05, 0.1) is 12.7 Å². The molecule has 2 heterocycles. The zero-order valence-electron chi connectivity index (χ0n) is 18.9. The van der Waals surface area contributed by atoms with E-state index in [0.29, 0.717) is 34.6 Å². The van der Waals surface area contributed by atoms with Gasteiger partial charge in [0.2, 0.25) is 5.78 Å². The summed E-state index contributed by atoms with van der Waals surface area (Å²) in [6.45, 7) is 7.81. The Balaban J connectivity index is 1.91. The fraction of sp³-hybridized carbons (Fsp3) is 0.346. The molecule has 2 atom stereocenters. The van der Waals surface area contributed by atoms with Crippen LogP contribution in [0.15, 0.2) is 42.0 Å². The van der Waals surface area contributed by atoms with Gasteiger partial charge in [-0.1, -0.05) is 23.8 Å². The Labute approximate surface area is 187 Å². The summed E-state index contributed by atoms with van der Waals surface area (Å²) in [5.41, 5.74) is 2.23. The Bertz CT molecular complexity index is 1120. The minimum absolute atomic E-state index is 0.00822. The zero-order chi connectivity index (χ0) is 23.2. The fourth-order valence-corrected chi connectivity index (χ4v) is 3.99. The molecule has 0 spiro atoms. The SMILES string of the molecule is COc1ccc([C@H]2Oc3c(CC=C(C)C)c4c(c(O)c3C(=O)[C@H]2O)C=CC(C)(C)O4)cc1. The molecule has 0 unspecified atom stereocenters. The topological polar surface area (TPSA) is 85.2 Å². The Morgan fingerprint density at radius 2 is 1.88 bits per heavy atom. The third-order valence-corrected chi connectivity index (χ3v) is 5.73. The van der Waals surface area contributed by atoms with Gasteiger partial charge < -0.3 is 24.4 Å². The second-order valence-corrected chi connectivity index (χ2v) is 8.92. The van der Waals surface area contributed by atoms with Crippen molar-refractivity contribution in [1.29, 1.82) is 0 Å². The molecular formula is C26H28O6. The Morgan fingerprint density at radius 3 is 2.50 bits per heavy atom. The van der Waals surface area contributed by atoms with Crippen molar-refractivity contribution in [1.82, 2.24) is 0 Å². The summed E-state index contributed by atoms with van der Waals surface area (Å²) in [5, 5.41) is 21.8. The van der Waals surface area contributed by atoms with Crippen molar-refractivity contribution in [2.24, 2.45) is 0 Å². The van der Waals surface area contributed by atoms with E-state index in [4.69, 9.17) is 14.2 Å². The standard InChI is InChI=1S/C26H28O6/c1-14(2)6-11-18-24-17(12-13-26(3,4)32-24)20(27)19-21(28)22(29)23(31-25(18)19)15-7-9-16(30-5)10-8-15/h6-10,12-13,22-23,27,29H,11H2,1-5H3/t22-,23-/m1/s1. The maximum atomic E-state index is 13.3. The summed E-state index contributed by atoms with van der Waals surface area (Å²) in [6.07, 6.45) is 3.68. The molecule has 2 aromatic carbocycles. The van der Waals surface area contributed by atoms with Gasteiger partial charge in [-0.2, -0.15) is 0 Å². The van der Waals surface area contributed by atoms with Crippen LogP contribution < -0.4 is 14.2 Å². The molecule has 0 saturated carbocycles. The highest BCUT2D eigenvalue weighted by atomic mass is 16.5. The molecule has 0 amide bonds. The summed E-state index contributed by atoms with van der Waals surface area (Å²) in [6, 6.07) is 7.00. The van der Waals surface area contributed by atoms with Crippen molar-refractivity contribution in [2.75, 3.05) is 7.11 Å². The number of rotatable bonds is 4. The number of benzene rings is 2. The molecular weight excluding hydrogens is 408 g/mol. The van der Waals surface area contributed by atoms with E-state index >= 15 is 0 Å². The zero-order valence-corrected chi connectivity index (χ0v) is 18.9. The van der Waals surface area contributed by atoms with E-state index in [1.807, 2.05) is 39.8 Å². The number of hydrogen-bond acceptors (Lipinski definition) is 6. The smallest absolute Gasteiger partial charge is 0.202 e. The molecule has 0 fully saturated rings. The highest BCUT2D eigenvalue weighted by Crippen LogP contribution is 2.51. The summed E-state index contributed by atoms with van der Waals surface area (Å²) in [5.74, 6) is 0.582. The molecule has 6 nitrogen and oxygen atoms in total. The monoisotopic (exact) mass is 436 g/mol. The number of carbonyl (C=O) groups is 1. The number of aliphatic hydroxyl groups excluding tert-OH is 1. The van der Waals surface area contributed by atoms with Gasteiger partial charge in [-0.05, 0) is 64.0 Å². The van der Waals surface area contributed by atoms with Gasteiger partial charge in [0.1, 0.15) is 34.2 Å². The maximum absolute atomic E-state index is 13.3. The van der Waals surface area contributed by atoms with Crippen LogP contribution in [-0.2, 0) is 6.42 Å². The second-order valence-electron chi connectivity index (χ2n) is 8.92. The molecule has 2 aliphatic rings. The number of Topliss-reactive ketones (excluding diaryl/α,β-unsaturated/α-hetero) is 1. The van der Waals surface area contributed by atoms with Crippen LogP contribution in [0.5, 0.6) is 23.0 Å². The Kier molecular flexibility index (Phi) is 5.51. The lowest BCUT2D eigenvalue weighted by atomic mass is 9.87. The summed E-state index contributed by atoms with van der Waals surface area (Å²) in [7, 11) is 1.57. The third-order valence-electron chi connectivity index (χ3n) is 5.73. The van der Waals surface area contributed by atoms with Gasteiger partial charge in [0, 0.05) is 5.56 Å². The van der Waals surface area contributed by atoms with Crippen LogP contribution in [0.4, 0.5) is 0 Å². The van der Waals surface area contributed by atoms with Crippen molar-refractivity contribution in [3.05, 3.63) is 64.2 Å². The van der Waals surface area contributed by atoms with E-state index in [0.717, 1.165) is 5.57 Å². The predicted octanol–water partition coefficient (Wildman–Crippen LogP) is 4.77. The Hall–Kier alpha value is -3.25. The average molecular weight is 437 g/mol. The van der Waals surface area contributed by atoms with E-state index in [-0.39, 0.29) is 17.1 Å². The van der Waals surface area contributed by atoms with Gasteiger partial charge in [0.25, 0.3) is 0 Å². The van der Waals surface area contributed by atoms with Gasteiger partial charge in [-0.3, -0.25) is 4.79 Å². The third kappa shape index (κ3) is 3.75. The molecule has 0 aromatic heterocycles. The van der Waals surface area contributed by atoms with Crippen LogP contribution in [0.1, 0.15) is 60.8 Å². The predicted molar refractivity (Wildman–Crippen MR) is 122 cm³/mol. The van der Waals surface area contributed by atoms with Crippen molar-refractivity contribution >= 4 is 11.9 Å². The molecule has 2 aliphatic heterocycles. The summed E-state index contributed by atoms with van der Waals surface area (Å²) >= 11 is 0. The highest BCUT2D eigenvalue weighted by molar-refractivity contribution is 6.07. The molecule has 168 valence electrons. The van der Waals surface area contributed by atoms with Crippen molar-refractivity contribution in [3.63, 3.8) is 0 Å². The number of phenolic OH excluding ortho intramolecular Hbond substituents is 1. The molecule has 2 aromatic rings. The molecule has 2 N–H and O–H groups in total. The number of aromatic hydroxyl groups is 1. The van der Waals surface area contributed by atoms with E-state index in [1.54, 1.807) is 37.5 Å². The van der Waals surface area contributed by atoms with Gasteiger partial charge in [0.15, 0.2) is 12.2 Å². The Morgan fingerprint density at radius 1 is 1.19 bits per heavy atom. The van der Waals surface area contributed by atoms with Crippen LogP contribution in [-0.4, -0.2) is 34.8 Å². The highest BCUT2D eigenvalue weighted by Gasteiger charge is 2.43. The van der Waals surface area contributed by atoms with Gasteiger partial charge in [-0.15, -0.1) is 0 Å². The number of ketones is 1. The normalized spacial score (nSPS) is 20.5. The van der Waals surface area contributed by atoms with Crippen molar-refractivity contribution in [3.8, 4) is 23.0 Å². The molecule has 0 bridgehead atoms. The molecule has 6 heteroatoms. The second kappa shape index (κ2) is 8.02. The number of phenols is 1. The maximum Gasteiger partial charge on any atom is 0.202 e. The van der Waals surface area contributed by atoms with Crippen molar-refractivity contribution < 1.29 is 29.2 Å². The molecule has 0 saturated heterocycles. The van der Waals surface area contributed by atoms with E-state index in [2.05, 4.69) is 0 Å². The minimum Gasteiger partial charge on any atom is -0.506 e. The summed E-state index contributed by atoms with van der Waals surface area (Å²) < 4.78 is 17.7. The van der Waals surface area contributed by atoms with Crippen LogP contribution >= 0.6 is 0 Å². The number of methoxy groups -OCH3 is 1. The lowest BCUT2D eigenvalue weighted by Gasteiger charge is -2.35. The van der Waals surface area contributed by atoms with E-state index in [9.17, 15) is 15.0 Å². The number of hydrogen-bond donors (Lipinski definition) is 2. The van der Waals surface area contributed by atoms with E-state index < -0.39 is 23.6 Å². The number of allylic oxidation sites excluding steroid dienone is 2. The first kappa shape index (κ1) is 22.0. The first-order valence-corrected chi connectivity index (χ1v) is 10.6. The summed E-state index contributed by atoms with van der Waals surface area (Å²) in [4.78, 5) is 13.3. The number of fused-ring (bicyclic) bond motifs is 2. The fourth-order valence-electron chi connectivity index (χ4n) is 3.99. The minimum atomic E-state index is -1.46. The van der Waals surface area contributed by atoms with Crippen LogP contribution in [0.2, 0.25) is 0 Å². The first-order chi connectivity index (χ1) is 15.1. The number of aliphatic hydroxyl groups is 1. The molecule has 32 heavy (non-hydrogen) atoms. The largest absolute Gasteiger partial charge is 0.506 e. The number of ether oxygens (including phenoxy) is 3. The molecule has 0 radical (unpaired) electrons. The first-order valence-electron chi connectivity index (χ1n) is 10.6. The van der Waals surface area contributed by atoms with Crippen molar-refractivity contribution in [2.45, 2.75) is 51.9 Å². The lowest BCUT2D eigenvalue weighted by Crippen LogP contribution is -2.37.